The minimum absolute atomic E-state index is 0.0429. The van der Waals surface area contributed by atoms with E-state index in [9.17, 15) is 25.5 Å². The van der Waals surface area contributed by atoms with Gasteiger partial charge in [-0.25, -0.2) is 0 Å². The second-order valence-electron chi connectivity index (χ2n) is 6.15. The molecule has 2 rings (SSSR count). The number of aromatic hydroxyl groups is 1. The van der Waals surface area contributed by atoms with E-state index in [1.165, 1.54) is 0 Å². The third-order valence-electron chi connectivity index (χ3n) is 4.04. The first kappa shape index (κ1) is 18.0. The summed E-state index contributed by atoms with van der Waals surface area (Å²) >= 11 is 0. The van der Waals surface area contributed by atoms with Gasteiger partial charge in [-0.1, -0.05) is 13.8 Å². The Hall–Kier alpha value is -1.38. The molecule has 1 aromatic rings. The van der Waals surface area contributed by atoms with Gasteiger partial charge < -0.3 is 35.0 Å². The Balaban J connectivity index is 2.29. The van der Waals surface area contributed by atoms with Gasteiger partial charge in [0.25, 0.3) is 0 Å². The van der Waals surface area contributed by atoms with E-state index in [0.717, 1.165) is 0 Å². The molecule has 1 aliphatic heterocycles. The summed E-state index contributed by atoms with van der Waals surface area (Å²) < 4.78 is 11.0. The van der Waals surface area contributed by atoms with Crippen LogP contribution in [0.2, 0.25) is 0 Å². The van der Waals surface area contributed by atoms with Crippen LogP contribution in [0.5, 0.6) is 11.5 Å². The van der Waals surface area contributed by atoms with Gasteiger partial charge in [-0.2, -0.15) is 0 Å². The minimum Gasteiger partial charge on any atom is -0.508 e. The number of rotatable bonds is 4. The predicted octanol–water partition coefficient (Wildman–Crippen LogP) is 0.00272. The molecule has 7 heteroatoms. The molecule has 7 nitrogen and oxygen atoms in total. The molecule has 1 fully saturated rings. The van der Waals surface area contributed by atoms with E-state index in [-0.39, 0.29) is 11.7 Å². The number of aliphatic hydroxyl groups excluding tert-OH is 4. The van der Waals surface area contributed by atoms with Crippen LogP contribution in [0.4, 0.5) is 0 Å². The van der Waals surface area contributed by atoms with Crippen LogP contribution < -0.4 is 4.74 Å². The van der Waals surface area contributed by atoms with Crippen molar-refractivity contribution in [2.75, 3.05) is 6.61 Å². The van der Waals surface area contributed by atoms with Crippen molar-refractivity contribution in [3.8, 4) is 11.5 Å². The Bertz CT molecular complexity index is 543. The first-order valence-corrected chi connectivity index (χ1v) is 7.57. The number of hydrogen-bond acceptors (Lipinski definition) is 7. The van der Waals surface area contributed by atoms with Crippen LogP contribution in [0, 0.1) is 6.92 Å². The molecule has 1 saturated heterocycles. The van der Waals surface area contributed by atoms with Gasteiger partial charge in [0, 0.05) is 5.56 Å². The van der Waals surface area contributed by atoms with E-state index in [0.29, 0.717) is 16.9 Å². The highest BCUT2D eigenvalue weighted by Crippen LogP contribution is 2.34. The van der Waals surface area contributed by atoms with Crippen molar-refractivity contribution in [2.45, 2.75) is 57.4 Å². The second-order valence-corrected chi connectivity index (χ2v) is 6.15. The molecule has 0 radical (unpaired) electrons. The summed E-state index contributed by atoms with van der Waals surface area (Å²) in [6.45, 7) is 5.03. The molecule has 0 bridgehead atoms. The summed E-state index contributed by atoms with van der Waals surface area (Å²) in [4.78, 5) is 0. The molecule has 0 amide bonds. The van der Waals surface area contributed by atoms with Crippen LogP contribution in [-0.2, 0) is 4.74 Å². The Labute approximate surface area is 134 Å². The van der Waals surface area contributed by atoms with Gasteiger partial charge >= 0.3 is 0 Å². The molecule has 0 aromatic heterocycles. The summed E-state index contributed by atoms with van der Waals surface area (Å²) in [5.41, 5.74) is 1.30. The van der Waals surface area contributed by atoms with E-state index in [2.05, 4.69) is 0 Å². The smallest absolute Gasteiger partial charge is 0.229 e. The van der Waals surface area contributed by atoms with Gasteiger partial charge in [-0.15, -0.1) is 0 Å². The Morgan fingerprint density at radius 2 is 1.78 bits per heavy atom. The third-order valence-corrected chi connectivity index (χ3v) is 4.04. The molecular weight excluding hydrogens is 304 g/mol. The van der Waals surface area contributed by atoms with Crippen molar-refractivity contribution in [2.24, 2.45) is 0 Å². The van der Waals surface area contributed by atoms with E-state index in [1.54, 1.807) is 19.1 Å². The summed E-state index contributed by atoms with van der Waals surface area (Å²) in [5, 5.41) is 48.7. The fourth-order valence-electron chi connectivity index (χ4n) is 2.53. The van der Waals surface area contributed by atoms with Crippen molar-refractivity contribution >= 4 is 0 Å². The number of phenols is 1. The molecule has 130 valence electrons. The second kappa shape index (κ2) is 7.02. The van der Waals surface area contributed by atoms with Crippen LogP contribution in [-0.4, -0.2) is 62.8 Å². The molecule has 0 saturated carbocycles. The average molecular weight is 328 g/mol. The molecule has 0 unspecified atom stereocenters. The van der Waals surface area contributed by atoms with E-state index in [1.807, 2.05) is 13.8 Å². The number of phenolic OH excluding ortho intramolecular Hbond substituents is 1. The third kappa shape index (κ3) is 3.59. The van der Waals surface area contributed by atoms with E-state index < -0.39 is 37.3 Å². The molecule has 1 aromatic carbocycles. The van der Waals surface area contributed by atoms with Gasteiger partial charge in [0.2, 0.25) is 6.29 Å². The van der Waals surface area contributed by atoms with Crippen molar-refractivity contribution in [3.63, 3.8) is 0 Å². The fraction of sp³-hybridized carbons (Fsp3) is 0.625. The number of benzene rings is 1. The van der Waals surface area contributed by atoms with E-state index >= 15 is 0 Å². The van der Waals surface area contributed by atoms with Crippen molar-refractivity contribution in [1.82, 2.24) is 0 Å². The molecular formula is C16H24O7. The lowest BCUT2D eigenvalue weighted by Gasteiger charge is -2.39. The standard InChI is InChI=1S/C16H24O7/c1-7(2)9-5-10(18)8(3)4-11(9)22-16-15(21)14(20)13(19)12(6-17)23-16/h4-5,7,12-21H,6H2,1-3H3/t12-,13-,14+,15-,16+/m1/s1. The largest absolute Gasteiger partial charge is 0.508 e. The molecule has 1 aliphatic rings. The topological polar surface area (TPSA) is 120 Å². The average Bonchev–Trinajstić information content (AvgIpc) is 2.50. The summed E-state index contributed by atoms with van der Waals surface area (Å²) in [5.74, 6) is 0.580. The first-order chi connectivity index (χ1) is 10.8. The molecule has 0 spiro atoms. The molecule has 5 N–H and O–H groups in total. The summed E-state index contributed by atoms with van der Waals surface area (Å²) in [7, 11) is 0. The zero-order valence-corrected chi connectivity index (χ0v) is 13.4. The number of ether oxygens (including phenoxy) is 2. The van der Waals surface area contributed by atoms with Gasteiger partial charge in [0.05, 0.1) is 6.61 Å². The zero-order chi connectivity index (χ0) is 17.3. The monoisotopic (exact) mass is 328 g/mol. The SMILES string of the molecule is Cc1cc(O[C@H]2O[C@H](CO)[C@@H](O)[C@H](O)[C@H]2O)c(C(C)C)cc1O. The number of aryl methyl sites for hydroxylation is 1. The maximum absolute atomic E-state index is 10.0. The quantitative estimate of drug-likeness (QED) is 0.528. The summed E-state index contributed by atoms with van der Waals surface area (Å²) in [6.07, 6.45) is -6.67. The number of hydrogen-bond donors (Lipinski definition) is 5. The van der Waals surface area contributed by atoms with Crippen LogP contribution in [0.25, 0.3) is 0 Å². The molecule has 23 heavy (non-hydrogen) atoms. The highest BCUT2D eigenvalue weighted by molar-refractivity contribution is 5.46. The van der Waals surface area contributed by atoms with Gasteiger partial charge in [-0.3, -0.25) is 0 Å². The van der Waals surface area contributed by atoms with Crippen molar-refractivity contribution in [1.29, 1.82) is 0 Å². The Morgan fingerprint density at radius 3 is 2.35 bits per heavy atom. The van der Waals surface area contributed by atoms with E-state index in [4.69, 9.17) is 9.47 Å². The van der Waals surface area contributed by atoms with Crippen LogP contribution in [0.1, 0.15) is 30.9 Å². The van der Waals surface area contributed by atoms with Crippen LogP contribution in [0.15, 0.2) is 12.1 Å². The highest BCUT2D eigenvalue weighted by atomic mass is 16.7. The van der Waals surface area contributed by atoms with Gasteiger partial charge in [0.1, 0.15) is 35.9 Å². The van der Waals surface area contributed by atoms with Crippen LogP contribution >= 0.6 is 0 Å². The maximum Gasteiger partial charge on any atom is 0.229 e. The van der Waals surface area contributed by atoms with Crippen molar-refractivity contribution in [3.05, 3.63) is 23.3 Å². The normalized spacial score (nSPS) is 31.4. The van der Waals surface area contributed by atoms with Crippen LogP contribution in [0.3, 0.4) is 0 Å². The van der Waals surface area contributed by atoms with Crippen molar-refractivity contribution < 1.29 is 35.0 Å². The lowest BCUT2D eigenvalue weighted by molar-refractivity contribution is -0.277. The lowest BCUT2D eigenvalue weighted by atomic mass is 9.98. The Kier molecular flexibility index (Phi) is 5.49. The van der Waals surface area contributed by atoms with Gasteiger partial charge in [0.15, 0.2) is 0 Å². The van der Waals surface area contributed by atoms with Gasteiger partial charge in [-0.05, 0) is 30.5 Å². The minimum atomic E-state index is -1.49. The zero-order valence-electron chi connectivity index (χ0n) is 13.4. The molecule has 1 heterocycles. The molecule has 5 atom stereocenters. The Morgan fingerprint density at radius 1 is 1.13 bits per heavy atom. The number of aliphatic hydroxyl groups is 4. The first-order valence-electron chi connectivity index (χ1n) is 7.57. The fourth-order valence-corrected chi connectivity index (χ4v) is 2.53. The maximum atomic E-state index is 10.0. The highest BCUT2D eigenvalue weighted by Gasteiger charge is 2.44. The predicted molar refractivity (Wildman–Crippen MR) is 81.3 cm³/mol. The summed E-state index contributed by atoms with van der Waals surface area (Å²) in [6, 6.07) is 3.20. The lowest BCUT2D eigenvalue weighted by Crippen LogP contribution is -2.60. The molecule has 0 aliphatic carbocycles.